The molecule has 3 rings (SSSR count). The lowest BCUT2D eigenvalue weighted by molar-refractivity contribution is -0.121. The molecule has 4 heteroatoms. The number of nitrogens with zero attached hydrogens (tertiary/aromatic N) is 1. The number of hydrogen-bond donors (Lipinski definition) is 2. The van der Waals surface area contributed by atoms with Crippen LogP contribution < -0.4 is 5.32 Å². The molecule has 0 spiro atoms. The average Bonchev–Trinajstić information content (AvgIpc) is 2.80. The fourth-order valence-electron chi connectivity index (χ4n) is 3.38. The lowest BCUT2D eigenvalue weighted by Gasteiger charge is -2.19. The van der Waals surface area contributed by atoms with E-state index in [0.29, 0.717) is 13.0 Å². The molecule has 1 aromatic heterocycles. The van der Waals surface area contributed by atoms with Crippen LogP contribution in [0.5, 0.6) is 0 Å². The highest BCUT2D eigenvalue weighted by atomic mass is 16.1. The average molecular weight is 313 g/mol. The number of hydrogen-bond acceptors (Lipinski definition) is 2. The smallest absolute Gasteiger partial charge is 0.221 e. The molecule has 2 N–H and O–H groups in total. The van der Waals surface area contributed by atoms with Crippen LogP contribution in [0.1, 0.15) is 37.7 Å². The molecule has 1 amide bonds. The van der Waals surface area contributed by atoms with Gasteiger partial charge in [0.2, 0.25) is 5.91 Å². The molecule has 1 aromatic carbocycles. The van der Waals surface area contributed by atoms with Crippen molar-refractivity contribution in [3.63, 3.8) is 0 Å². The van der Waals surface area contributed by atoms with Crippen molar-refractivity contribution < 1.29 is 4.79 Å². The third-order valence-electron chi connectivity index (χ3n) is 4.75. The number of aromatic nitrogens is 1. The third kappa shape index (κ3) is 4.58. The Morgan fingerprint density at radius 2 is 1.91 bits per heavy atom. The number of benzene rings is 1. The molecule has 1 aliphatic rings. The van der Waals surface area contributed by atoms with Gasteiger partial charge in [0.25, 0.3) is 0 Å². The van der Waals surface area contributed by atoms with Crippen LogP contribution in [-0.2, 0) is 11.2 Å². The summed E-state index contributed by atoms with van der Waals surface area (Å²) in [6.07, 6.45) is 8.78. The number of H-pyrrole nitrogens is 1. The molecule has 1 aliphatic heterocycles. The van der Waals surface area contributed by atoms with E-state index in [0.717, 1.165) is 31.6 Å². The lowest BCUT2D eigenvalue weighted by Crippen LogP contribution is -2.32. The van der Waals surface area contributed by atoms with Crippen LogP contribution in [0, 0.1) is 0 Å². The zero-order valence-electron chi connectivity index (χ0n) is 13.8. The van der Waals surface area contributed by atoms with Gasteiger partial charge in [-0.1, -0.05) is 31.0 Å². The van der Waals surface area contributed by atoms with E-state index in [1.54, 1.807) is 0 Å². The van der Waals surface area contributed by atoms with E-state index in [1.165, 1.54) is 36.6 Å². The van der Waals surface area contributed by atoms with Crippen LogP contribution in [0.2, 0.25) is 0 Å². The molecule has 2 heterocycles. The SMILES string of the molecule is O=C(CCN1CCCCCC1)NCCc1c[nH]c2ccccc12. The molecule has 0 atom stereocenters. The second-order valence-electron chi connectivity index (χ2n) is 6.47. The van der Waals surface area contributed by atoms with E-state index in [2.05, 4.69) is 33.4 Å². The molecular formula is C19H27N3O. The summed E-state index contributed by atoms with van der Waals surface area (Å²) >= 11 is 0. The molecule has 1 saturated heterocycles. The first-order valence-electron chi connectivity index (χ1n) is 8.87. The van der Waals surface area contributed by atoms with E-state index in [9.17, 15) is 4.79 Å². The van der Waals surface area contributed by atoms with Crippen molar-refractivity contribution in [3.8, 4) is 0 Å². The zero-order valence-corrected chi connectivity index (χ0v) is 13.8. The van der Waals surface area contributed by atoms with Crippen LogP contribution in [0.15, 0.2) is 30.5 Å². The van der Waals surface area contributed by atoms with Gasteiger partial charge in [0.05, 0.1) is 0 Å². The van der Waals surface area contributed by atoms with Crippen molar-refractivity contribution >= 4 is 16.8 Å². The van der Waals surface area contributed by atoms with Gasteiger partial charge in [0.15, 0.2) is 0 Å². The van der Waals surface area contributed by atoms with Crippen molar-refractivity contribution in [2.45, 2.75) is 38.5 Å². The second-order valence-corrected chi connectivity index (χ2v) is 6.47. The Morgan fingerprint density at radius 3 is 2.74 bits per heavy atom. The normalized spacial score (nSPS) is 16.3. The fraction of sp³-hybridized carbons (Fsp3) is 0.526. The number of carbonyl (C=O) groups is 1. The number of fused-ring (bicyclic) bond motifs is 1. The first-order valence-corrected chi connectivity index (χ1v) is 8.87. The number of carbonyl (C=O) groups excluding carboxylic acids is 1. The van der Waals surface area contributed by atoms with Crippen molar-refractivity contribution in [3.05, 3.63) is 36.0 Å². The summed E-state index contributed by atoms with van der Waals surface area (Å²) in [4.78, 5) is 17.7. The number of para-hydroxylation sites is 1. The molecular weight excluding hydrogens is 286 g/mol. The predicted octanol–water partition coefficient (Wildman–Crippen LogP) is 3.09. The summed E-state index contributed by atoms with van der Waals surface area (Å²) in [6.45, 7) is 3.92. The summed E-state index contributed by atoms with van der Waals surface area (Å²) in [7, 11) is 0. The molecule has 23 heavy (non-hydrogen) atoms. The van der Waals surface area contributed by atoms with Crippen LogP contribution in [0.3, 0.4) is 0 Å². The minimum absolute atomic E-state index is 0.175. The van der Waals surface area contributed by atoms with Crippen LogP contribution in [0.4, 0.5) is 0 Å². The van der Waals surface area contributed by atoms with Gasteiger partial charge in [0, 0.05) is 36.6 Å². The van der Waals surface area contributed by atoms with Gasteiger partial charge in [-0.05, 0) is 44.0 Å². The predicted molar refractivity (Wildman–Crippen MR) is 94.5 cm³/mol. The Kier molecular flexibility index (Phi) is 5.70. The summed E-state index contributed by atoms with van der Waals surface area (Å²) in [5.41, 5.74) is 2.43. The highest BCUT2D eigenvalue weighted by Crippen LogP contribution is 2.17. The highest BCUT2D eigenvalue weighted by Gasteiger charge is 2.11. The number of amides is 1. The van der Waals surface area contributed by atoms with Crippen LogP contribution >= 0.6 is 0 Å². The second kappa shape index (κ2) is 8.16. The Morgan fingerprint density at radius 1 is 1.13 bits per heavy atom. The molecule has 1 fully saturated rings. The van der Waals surface area contributed by atoms with Gasteiger partial charge in [-0.25, -0.2) is 0 Å². The van der Waals surface area contributed by atoms with Gasteiger partial charge < -0.3 is 15.2 Å². The van der Waals surface area contributed by atoms with E-state index in [4.69, 9.17) is 0 Å². The van der Waals surface area contributed by atoms with Gasteiger partial charge in [0.1, 0.15) is 0 Å². The number of nitrogens with one attached hydrogen (secondary N) is 2. The van der Waals surface area contributed by atoms with Crippen molar-refractivity contribution in [1.82, 2.24) is 15.2 Å². The van der Waals surface area contributed by atoms with Crippen molar-refractivity contribution in [2.75, 3.05) is 26.2 Å². The van der Waals surface area contributed by atoms with Gasteiger partial charge >= 0.3 is 0 Å². The van der Waals surface area contributed by atoms with E-state index < -0.39 is 0 Å². The minimum atomic E-state index is 0.175. The lowest BCUT2D eigenvalue weighted by atomic mass is 10.1. The maximum Gasteiger partial charge on any atom is 0.221 e. The standard InChI is InChI=1S/C19H27N3O/c23-19(10-14-22-12-5-1-2-6-13-22)20-11-9-16-15-21-18-8-4-3-7-17(16)18/h3-4,7-8,15,21H,1-2,5-6,9-14H2,(H,20,23). The molecule has 124 valence electrons. The Bertz CT molecular complexity index is 626. The molecule has 2 aromatic rings. The monoisotopic (exact) mass is 313 g/mol. The number of likely N-dealkylation sites (tertiary alicyclic amines) is 1. The van der Waals surface area contributed by atoms with E-state index >= 15 is 0 Å². The van der Waals surface area contributed by atoms with Crippen LogP contribution in [-0.4, -0.2) is 42.0 Å². The molecule has 0 saturated carbocycles. The van der Waals surface area contributed by atoms with Gasteiger partial charge in [-0.2, -0.15) is 0 Å². The first kappa shape index (κ1) is 16.1. The quantitative estimate of drug-likeness (QED) is 0.861. The Hall–Kier alpha value is -1.81. The molecule has 0 bridgehead atoms. The number of aromatic amines is 1. The van der Waals surface area contributed by atoms with Crippen molar-refractivity contribution in [2.24, 2.45) is 0 Å². The third-order valence-corrected chi connectivity index (χ3v) is 4.75. The summed E-state index contributed by atoms with van der Waals surface area (Å²) in [5.74, 6) is 0.175. The largest absolute Gasteiger partial charge is 0.361 e. The first-order chi connectivity index (χ1) is 11.3. The van der Waals surface area contributed by atoms with Gasteiger partial charge in [-0.15, -0.1) is 0 Å². The van der Waals surface area contributed by atoms with E-state index in [1.807, 2.05) is 12.3 Å². The molecule has 0 aliphatic carbocycles. The zero-order chi connectivity index (χ0) is 15.9. The number of rotatable bonds is 6. The maximum absolute atomic E-state index is 12.0. The van der Waals surface area contributed by atoms with E-state index in [-0.39, 0.29) is 5.91 Å². The molecule has 4 nitrogen and oxygen atoms in total. The molecule has 0 radical (unpaired) electrons. The Balaban J connectivity index is 1.39. The highest BCUT2D eigenvalue weighted by molar-refractivity contribution is 5.83. The minimum Gasteiger partial charge on any atom is -0.361 e. The summed E-state index contributed by atoms with van der Waals surface area (Å²) in [6, 6.07) is 8.30. The summed E-state index contributed by atoms with van der Waals surface area (Å²) < 4.78 is 0. The fourth-order valence-corrected chi connectivity index (χ4v) is 3.38. The summed E-state index contributed by atoms with van der Waals surface area (Å²) in [5, 5.41) is 4.32. The molecule has 0 unspecified atom stereocenters. The Labute approximate surface area is 138 Å². The van der Waals surface area contributed by atoms with Gasteiger partial charge in [-0.3, -0.25) is 4.79 Å². The van der Waals surface area contributed by atoms with Crippen LogP contribution in [0.25, 0.3) is 10.9 Å². The topological polar surface area (TPSA) is 48.1 Å². The van der Waals surface area contributed by atoms with Crippen molar-refractivity contribution in [1.29, 1.82) is 0 Å². The maximum atomic E-state index is 12.0.